The van der Waals surface area contributed by atoms with Crippen molar-refractivity contribution in [1.82, 2.24) is 9.47 Å². The second-order valence-electron chi connectivity index (χ2n) is 7.96. The molecule has 1 fully saturated rings. The van der Waals surface area contributed by atoms with Gasteiger partial charge in [-0.15, -0.1) is 0 Å². The van der Waals surface area contributed by atoms with Crippen LogP contribution in [0.15, 0.2) is 24.3 Å². The molecule has 32 heavy (non-hydrogen) atoms. The minimum absolute atomic E-state index is 0.105. The third kappa shape index (κ3) is 5.05. The van der Waals surface area contributed by atoms with Gasteiger partial charge in [-0.2, -0.15) is 0 Å². The molecule has 2 aromatic rings. The molecule has 1 amide bonds. The molecule has 0 saturated carbocycles. The molecule has 7 nitrogen and oxygen atoms in total. The molecule has 0 unspecified atom stereocenters. The number of Topliss-reactive ketones (excluding diaryl/α,β-unsaturated/α-hetero) is 1. The van der Waals surface area contributed by atoms with Crippen LogP contribution in [0.25, 0.3) is 0 Å². The SMILES string of the molecule is CCOC(=O)c1c(C)c(C(=O)CN(C[C@@H]2CCCO2)C(=O)c2ccc(Cl)cc2)c(C)n1C. The van der Waals surface area contributed by atoms with Crippen LogP contribution in [0.2, 0.25) is 5.02 Å². The van der Waals surface area contributed by atoms with Crippen molar-refractivity contribution in [3.05, 3.63) is 57.4 Å². The summed E-state index contributed by atoms with van der Waals surface area (Å²) in [5.74, 6) is -0.961. The Balaban J connectivity index is 1.89. The Bertz CT molecular complexity index is 1010. The van der Waals surface area contributed by atoms with Crippen molar-refractivity contribution < 1.29 is 23.9 Å². The normalized spacial score (nSPS) is 15.6. The fourth-order valence-electron chi connectivity index (χ4n) is 4.16. The second kappa shape index (κ2) is 10.3. The van der Waals surface area contributed by atoms with Crippen molar-refractivity contribution in [2.24, 2.45) is 7.05 Å². The summed E-state index contributed by atoms with van der Waals surface area (Å²) in [5.41, 5.74) is 2.46. The molecule has 1 aromatic heterocycles. The van der Waals surface area contributed by atoms with Crippen LogP contribution in [0.4, 0.5) is 0 Å². The number of ketones is 1. The zero-order valence-electron chi connectivity index (χ0n) is 18.9. The second-order valence-corrected chi connectivity index (χ2v) is 8.40. The highest BCUT2D eigenvalue weighted by Crippen LogP contribution is 2.24. The van der Waals surface area contributed by atoms with Crippen LogP contribution in [0, 0.1) is 13.8 Å². The molecule has 3 rings (SSSR count). The van der Waals surface area contributed by atoms with Gasteiger partial charge < -0.3 is 18.9 Å². The molecule has 172 valence electrons. The van der Waals surface area contributed by atoms with E-state index < -0.39 is 5.97 Å². The quantitative estimate of drug-likeness (QED) is 0.440. The van der Waals surface area contributed by atoms with E-state index in [1.807, 2.05) is 0 Å². The highest BCUT2D eigenvalue weighted by molar-refractivity contribution is 6.30. The number of carbonyl (C=O) groups is 3. The highest BCUT2D eigenvalue weighted by atomic mass is 35.5. The number of benzene rings is 1. The topological polar surface area (TPSA) is 77.8 Å². The van der Waals surface area contributed by atoms with E-state index in [2.05, 4.69) is 0 Å². The van der Waals surface area contributed by atoms with Gasteiger partial charge in [0.1, 0.15) is 5.69 Å². The van der Waals surface area contributed by atoms with Crippen LogP contribution in [0.1, 0.15) is 62.2 Å². The van der Waals surface area contributed by atoms with Crippen LogP contribution in [-0.2, 0) is 16.5 Å². The lowest BCUT2D eigenvalue weighted by Gasteiger charge is -2.25. The predicted molar refractivity (Wildman–Crippen MR) is 122 cm³/mol. The number of amides is 1. The molecule has 8 heteroatoms. The van der Waals surface area contributed by atoms with Crippen LogP contribution < -0.4 is 0 Å². The number of rotatable bonds is 8. The molecule has 1 aromatic carbocycles. The number of carbonyl (C=O) groups excluding carboxylic acids is 3. The summed E-state index contributed by atoms with van der Waals surface area (Å²) in [5, 5.41) is 0.533. The number of esters is 1. The first kappa shape index (κ1) is 24.0. The molecule has 1 aliphatic rings. The van der Waals surface area contributed by atoms with Gasteiger partial charge in [0.05, 0.1) is 19.3 Å². The number of hydrogen-bond donors (Lipinski definition) is 0. The van der Waals surface area contributed by atoms with Crippen molar-refractivity contribution in [1.29, 1.82) is 0 Å². The van der Waals surface area contributed by atoms with E-state index in [9.17, 15) is 14.4 Å². The average molecular weight is 461 g/mol. The van der Waals surface area contributed by atoms with Crippen molar-refractivity contribution in [3.63, 3.8) is 0 Å². The summed E-state index contributed by atoms with van der Waals surface area (Å²) in [6.45, 7) is 6.36. The number of hydrogen-bond acceptors (Lipinski definition) is 5. The van der Waals surface area contributed by atoms with E-state index >= 15 is 0 Å². The van der Waals surface area contributed by atoms with Gasteiger partial charge in [0.2, 0.25) is 0 Å². The third-order valence-electron chi connectivity index (χ3n) is 5.84. The van der Waals surface area contributed by atoms with Crippen LogP contribution in [0.3, 0.4) is 0 Å². The van der Waals surface area contributed by atoms with Gasteiger partial charge in [0.25, 0.3) is 5.91 Å². The zero-order chi connectivity index (χ0) is 23.4. The summed E-state index contributed by atoms with van der Waals surface area (Å²) in [6, 6.07) is 6.60. The molecule has 0 N–H and O–H groups in total. The van der Waals surface area contributed by atoms with E-state index in [1.54, 1.807) is 56.7 Å². The third-order valence-corrected chi connectivity index (χ3v) is 6.09. The van der Waals surface area contributed by atoms with Gasteiger partial charge in [-0.05, 0) is 63.4 Å². The van der Waals surface area contributed by atoms with Crippen LogP contribution in [-0.4, -0.2) is 59.5 Å². The first-order valence-corrected chi connectivity index (χ1v) is 11.1. The monoisotopic (exact) mass is 460 g/mol. The van der Waals surface area contributed by atoms with E-state index in [0.29, 0.717) is 46.3 Å². The fourth-order valence-corrected chi connectivity index (χ4v) is 4.28. The Hall–Kier alpha value is -2.64. The van der Waals surface area contributed by atoms with Gasteiger partial charge in [-0.1, -0.05) is 11.6 Å². The standard InChI is InChI=1S/C24H29ClN2O5/c1-5-31-24(30)22-15(2)21(16(3)26(22)4)20(28)14-27(13-19-7-6-12-32-19)23(29)17-8-10-18(25)11-9-17/h8-11,19H,5-7,12-14H2,1-4H3/t19-/m0/s1. The Morgan fingerprint density at radius 2 is 1.91 bits per heavy atom. The summed E-state index contributed by atoms with van der Waals surface area (Å²) in [7, 11) is 1.73. The van der Waals surface area contributed by atoms with Crippen LogP contribution >= 0.6 is 11.6 Å². The molecule has 0 bridgehead atoms. The first-order chi connectivity index (χ1) is 15.2. The van der Waals surface area contributed by atoms with Crippen molar-refractivity contribution in [2.75, 3.05) is 26.3 Å². The smallest absolute Gasteiger partial charge is 0.355 e. The first-order valence-electron chi connectivity index (χ1n) is 10.8. The maximum Gasteiger partial charge on any atom is 0.355 e. The van der Waals surface area contributed by atoms with Crippen molar-refractivity contribution in [2.45, 2.75) is 39.7 Å². The van der Waals surface area contributed by atoms with Crippen LogP contribution in [0.5, 0.6) is 0 Å². The van der Waals surface area contributed by atoms with Crippen molar-refractivity contribution >= 4 is 29.3 Å². The molecule has 0 aliphatic carbocycles. The Morgan fingerprint density at radius 3 is 2.50 bits per heavy atom. The largest absolute Gasteiger partial charge is 0.461 e. The Labute approximate surface area is 193 Å². The molecular formula is C24H29ClN2O5. The maximum atomic E-state index is 13.4. The Morgan fingerprint density at radius 1 is 1.22 bits per heavy atom. The number of nitrogens with zero attached hydrogens (tertiary/aromatic N) is 2. The fraction of sp³-hybridized carbons (Fsp3) is 0.458. The predicted octanol–water partition coefficient (Wildman–Crippen LogP) is 3.98. The highest BCUT2D eigenvalue weighted by Gasteiger charge is 2.30. The lowest BCUT2D eigenvalue weighted by Crippen LogP contribution is -2.41. The molecule has 2 heterocycles. The lowest BCUT2D eigenvalue weighted by atomic mass is 10.0. The van der Waals surface area contributed by atoms with E-state index in [1.165, 1.54) is 4.90 Å². The van der Waals surface area contributed by atoms with E-state index in [4.69, 9.17) is 21.1 Å². The number of halogens is 1. The Kier molecular flexibility index (Phi) is 7.74. The maximum absolute atomic E-state index is 13.4. The van der Waals surface area contributed by atoms with Gasteiger partial charge in [-0.25, -0.2) is 4.79 Å². The molecule has 1 aliphatic heterocycles. The summed E-state index contributed by atoms with van der Waals surface area (Å²) in [6.07, 6.45) is 1.67. The lowest BCUT2D eigenvalue weighted by molar-refractivity contribution is 0.0505. The zero-order valence-corrected chi connectivity index (χ0v) is 19.7. The average Bonchev–Trinajstić information content (AvgIpc) is 3.34. The summed E-state index contributed by atoms with van der Waals surface area (Å²) >= 11 is 5.96. The number of aromatic nitrogens is 1. The van der Waals surface area contributed by atoms with E-state index in [0.717, 1.165) is 12.8 Å². The number of ether oxygens (including phenoxy) is 2. The molecule has 0 spiro atoms. The molecule has 1 saturated heterocycles. The van der Waals surface area contributed by atoms with Gasteiger partial charge >= 0.3 is 5.97 Å². The molecule has 0 radical (unpaired) electrons. The van der Waals surface area contributed by atoms with E-state index in [-0.39, 0.29) is 30.9 Å². The van der Waals surface area contributed by atoms with Gasteiger partial charge in [0, 0.05) is 42.0 Å². The van der Waals surface area contributed by atoms with Gasteiger partial charge in [0.15, 0.2) is 5.78 Å². The molecule has 1 atom stereocenters. The van der Waals surface area contributed by atoms with Gasteiger partial charge in [-0.3, -0.25) is 9.59 Å². The summed E-state index contributed by atoms with van der Waals surface area (Å²) < 4.78 is 12.5. The minimum Gasteiger partial charge on any atom is -0.461 e. The van der Waals surface area contributed by atoms with Crippen molar-refractivity contribution in [3.8, 4) is 0 Å². The molecular weight excluding hydrogens is 432 g/mol. The summed E-state index contributed by atoms with van der Waals surface area (Å²) in [4.78, 5) is 40.6. The minimum atomic E-state index is -0.469.